The van der Waals surface area contributed by atoms with Crippen molar-refractivity contribution in [1.82, 2.24) is 5.32 Å². The Hall–Kier alpha value is -2.25. The van der Waals surface area contributed by atoms with Gasteiger partial charge in [-0.15, -0.1) is 0 Å². The number of hydrogen-bond donors (Lipinski definition) is 1. The van der Waals surface area contributed by atoms with E-state index in [1.807, 2.05) is 38.1 Å². The molecule has 1 N–H and O–H groups in total. The molecule has 0 unspecified atom stereocenters. The lowest BCUT2D eigenvalue weighted by Gasteiger charge is -2.29. The molecule has 2 rings (SSSR count). The summed E-state index contributed by atoms with van der Waals surface area (Å²) in [5, 5.41) is 3.13. The summed E-state index contributed by atoms with van der Waals surface area (Å²) in [7, 11) is -2.26. The molecule has 28 heavy (non-hydrogen) atoms. The van der Waals surface area contributed by atoms with Crippen molar-refractivity contribution in [2.45, 2.75) is 32.9 Å². The number of halogens is 1. The quantitative estimate of drug-likeness (QED) is 0.735. The highest BCUT2D eigenvalue weighted by Gasteiger charge is 2.30. The molecule has 2 atom stereocenters. The number of aryl methyl sites for hydroxylation is 1. The first-order chi connectivity index (χ1) is 13.0. The highest BCUT2D eigenvalue weighted by molar-refractivity contribution is 7.92. The lowest BCUT2D eigenvalue weighted by molar-refractivity contribution is -0.122. The first-order valence-electron chi connectivity index (χ1n) is 8.74. The van der Waals surface area contributed by atoms with Gasteiger partial charge in [-0.1, -0.05) is 41.4 Å². The maximum atomic E-state index is 12.8. The average Bonchev–Trinajstić information content (AvgIpc) is 2.61. The zero-order valence-corrected chi connectivity index (χ0v) is 18.1. The fourth-order valence-corrected chi connectivity index (χ4v) is 4.29. The van der Waals surface area contributed by atoms with Gasteiger partial charge < -0.3 is 10.1 Å². The van der Waals surface area contributed by atoms with Crippen LogP contribution in [0.4, 0.5) is 5.69 Å². The van der Waals surface area contributed by atoms with Crippen LogP contribution >= 0.6 is 11.6 Å². The van der Waals surface area contributed by atoms with E-state index in [9.17, 15) is 13.2 Å². The summed E-state index contributed by atoms with van der Waals surface area (Å²) in [6.45, 7) is 5.37. The molecule has 0 saturated heterocycles. The average molecular weight is 425 g/mol. The molecule has 0 aliphatic rings. The molecule has 6 nitrogen and oxygen atoms in total. The van der Waals surface area contributed by atoms with Crippen molar-refractivity contribution in [2.24, 2.45) is 0 Å². The van der Waals surface area contributed by atoms with Crippen LogP contribution in [-0.2, 0) is 14.8 Å². The van der Waals surface area contributed by atoms with Crippen molar-refractivity contribution in [3.63, 3.8) is 0 Å². The first-order valence-corrected chi connectivity index (χ1v) is 11.0. The summed E-state index contributed by atoms with van der Waals surface area (Å²) < 4.78 is 31.0. The van der Waals surface area contributed by atoms with Crippen molar-refractivity contribution in [3.05, 3.63) is 58.6 Å². The molecule has 152 valence electrons. The van der Waals surface area contributed by atoms with E-state index in [0.717, 1.165) is 21.7 Å². The number of amides is 1. The standard InChI is InChI=1S/C20H25ClN2O4S/c1-13-6-8-16(9-7-13)14(2)22-20(24)15(3)23(28(5,25)26)17-10-11-19(27-4)18(21)12-17/h6-12,14-15H,1-5H3,(H,22,24)/t14-,15-/m1/s1. The zero-order valence-electron chi connectivity index (χ0n) is 16.6. The molecule has 0 aromatic heterocycles. The van der Waals surface area contributed by atoms with Crippen LogP contribution in [0.5, 0.6) is 5.75 Å². The van der Waals surface area contributed by atoms with Gasteiger partial charge in [0.1, 0.15) is 11.8 Å². The third-order valence-corrected chi connectivity index (χ3v) is 5.95. The summed E-state index contributed by atoms with van der Waals surface area (Å²) in [5.41, 5.74) is 2.35. The predicted molar refractivity (Wildman–Crippen MR) is 113 cm³/mol. The van der Waals surface area contributed by atoms with Gasteiger partial charge in [0.2, 0.25) is 15.9 Å². The molecule has 0 fully saturated rings. The van der Waals surface area contributed by atoms with Crippen LogP contribution in [0.3, 0.4) is 0 Å². The summed E-state index contributed by atoms with van der Waals surface area (Å²) in [4.78, 5) is 12.8. The second-order valence-corrected chi connectivity index (χ2v) is 8.96. The van der Waals surface area contributed by atoms with Gasteiger partial charge in [-0.3, -0.25) is 9.10 Å². The molecular formula is C20H25ClN2O4S. The topological polar surface area (TPSA) is 75.7 Å². The largest absolute Gasteiger partial charge is 0.495 e. The molecule has 0 bridgehead atoms. The number of benzene rings is 2. The molecule has 0 radical (unpaired) electrons. The molecule has 0 saturated carbocycles. The van der Waals surface area contributed by atoms with Crippen LogP contribution in [0.15, 0.2) is 42.5 Å². The van der Waals surface area contributed by atoms with E-state index in [2.05, 4.69) is 5.32 Å². The van der Waals surface area contributed by atoms with Crippen molar-refractivity contribution >= 4 is 33.2 Å². The summed E-state index contributed by atoms with van der Waals surface area (Å²) >= 11 is 6.14. The maximum absolute atomic E-state index is 12.8. The smallest absolute Gasteiger partial charge is 0.244 e. The number of hydrogen-bond acceptors (Lipinski definition) is 4. The number of carbonyl (C=O) groups excluding carboxylic acids is 1. The number of nitrogens with one attached hydrogen (secondary N) is 1. The molecule has 0 aliphatic carbocycles. The second-order valence-electron chi connectivity index (χ2n) is 6.69. The Morgan fingerprint density at radius 2 is 1.75 bits per heavy atom. The number of rotatable bonds is 7. The Balaban J connectivity index is 2.27. The highest BCUT2D eigenvalue weighted by Crippen LogP contribution is 2.31. The van der Waals surface area contributed by atoms with Crippen molar-refractivity contribution < 1.29 is 17.9 Å². The number of carbonyl (C=O) groups is 1. The summed E-state index contributed by atoms with van der Waals surface area (Å²) in [5.74, 6) is 0.00871. The van der Waals surface area contributed by atoms with Crippen LogP contribution < -0.4 is 14.4 Å². The molecule has 8 heteroatoms. The van der Waals surface area contributed by atoms with Crippen LogP contribution in [0, 0.1) is 6.92 Å². The van der Waals surface area contributed by atoms with E-state index in [-0.39, 0.29) is 11.1 Å². The Morgan fingerprint density at radius 1 is 1.14 bits per heavy atom. The number of nitrogens with zero attached hydrogens (tertiary/aromatic N) is 1. The van der Waals surface area contributed by atoms with Gasteiger partial charge in [-0.05, 0) is 44.5 Å². The van der Waals surface area contributed by atoms with E-state index in [4.69, 9.17) is 16.3 Å². The zero-order chi connectivity index (χ0) is 21.1. The summed E-state index contributed by atoms with van der Waals surface area (Å²) in [6.07, 6.45) is 1.05. The lowest BCUT2D eigenvalue weighted by atomic mass is 10.1. The second kappa shape index (κ2) is 8.84. The van der Waals surface area contributed by atoms with Crippen molar-refractivity contribution in [1.29, 1.82) is 0 Å². The minimum absolute atomic E-state index is 0.259. The molecular weight excluding hydrogens is 400 g/mol. The fraction of sp³-hybridized carbons (Fsp3) is 0.350. The molecule has 0 heterocycles. The number of anilines is 1. The Morgan fingerprint density at radius 3 is 2.25 bits per heavy atom. The number of ether oxygens (including phenoxy) is 1. The minimum atomic E-state index is -3.73. The van der Waals surface area contributed by atoms with Crippen molar-refractivity contribution in [3.8, 4) is 5.75 Å². The van der Waals surface area contributed by atoms with Crippen LogP contribution in [0.2, 0.25) is 5.02 Å². The predicted octanol–water partition coefficient (Wildman–Crippen LogP) is 3.69. The number of sulfonamides is 1. The van der Waals surface area contributed by atoms with Gasteiger partial charge in [-0.2, -0.15) is 0 Å². The van der Waals surface area contributed by atoms with Gasteiger partial charge >= 0.3 is 0 Å². The molecule has 0 aliphatic heterocycles. The normalized spacial score (nSPS) is 13.5. The van der Waals surface area contributed by atoms with E-state index in [1.165, 1.54) is 20.1 Å². The third kappa shape index (κ3) is 5.17. The Labute approximate surface area is 171 Å². The van der Waals surface area contributed by atoms with E-state index < -0.39 is 22.0 Å². The van der Waals surface area contributed by atoms with Gasteiger partial charge in [0.25, 0.3) is 0 Å². The minimum Gasteiger partial charge on any atom is -0.495 e. The van der Waals surface area contributed by atoms with E-state index in [1.54, 1.807) is 12.1 Å². The van der Waals surface area contributed by atoms with Crippen LogP contribution in [-0.4, -0.2) is 33.7 Å². The van der Waals surface area contributed by atoms with E-state index in [0.29, 0.717) is 11.4 Å². The Bertz CT molecular complexity index is 945. The van der Waals surface area contributed by atoms with Gasteiger partial charge in [-0.25, -0.2) is 8.42 Å². The van der Waals surface area contributed by atoms with Crippen LogP contribution in [0.1, 0.15) is 31.0 Å². The monoisotopic (exact) mass is 424 g/mol. The SMILES string of the molecule is COc1ccc(N([C@H](C)C(=O)N[C@H](C)c2ccc(C)cc2)S(C)(=O)=O)cc1Cl. The third-order valence-electron chi connectivity index (χ3n) is 4.41. The lowest BCUT2D eigenvalue weighted by Crippen LogP contribution is -2.48. The molecule has 2 aromatic rings. The van der Waals surface area contributed by atoms with Gasteiger partial charge in [0, 0.05) is 0 Å². The van der Waals surface area contributed by atoms with E-state index >= 15 is 0 Å². The van der Waals surface area contributed by atoms with Crippen LogP contribution in [0.25, 0.3) is 0 Å². The molecule has 1 amide bonds. The number of methoxy groups -OCH3 is 1. The molecule has 2 aromatic carbocycles. The Kier molecular flexibility index (Phi) is 6.96. The first kappa shape index (κ1) is 22.0. The van der Waals surface area contributed by atoms with Gasteiger partial charge in [0.15, 0.2) is 0 Å². The molecule has 0 spiro atoms. The summed E-state index contributed by atoms with van der Waals surface area (Å²) in [6, 6.07) is 11.1. The highest BCUT2D eigenvalue weighted by atomic mass is 35.5. The maximum Gasteiger partial charge on any atom is 0.244 e. The fourth-order valence-electron chi connectivity index (χ4n) is 2.87. The van der Waals surface area contributed by atoms with Gasteiger partial charge in [0.05, 0.1) is 30.1 Å². The van der Waals surface area contributed by atoms with Crippen molar-refractivity contribution in [2.75, 3.05) is 17.7 Å².